The van der Waals surface area contributed by atoms with Crippen LogP contribution in [0.15, 0.2) is 0 Å². The van der Waals surface area contributed by atoms with E-state index in [-0.39, 0.29) is 12.5 Å². The Kier molecular flexibility index (Phi) is 3.21. The second kappa shape index (κ2) is 4.20. The maximum atomic E-state index is 11.2. The summed E-state index contributed by atoms with van der Waals surface area (Å²) >= 11 is 0. The van der Waals surface area contributed by atoms with Crippen molar-refractivity contribution in [1.82, 2.24) is 10.4 Å². The minimum Gasteiger partial charge on any atom is -0.480 e. The zero-order chi connectivity index (χ0) is 9.84. The molecule has 1 atom stereocenters. The Morgan fingerprint density at radius 3 is 2.77 bits per heavy atom. The van der Waals surface area contributed by atoms with Crippen molar-refractivity contribution in [1.29, 1.82) is 0 Å². The molecule has 3 N–H and O–H groups in total. The third-order valence-corrected chi connectivity index (χ3v) is 2.09. The number of amides is 1. The fourth-order valence-electron chi connectivity index (χ4n) is 1.49. The van der Waals surface area contributed by atoms with E-state index < -0.39 is 12.0 Å². The zero-order valence-electron chi connectivity index (χ0n) is 7.06. The molecule has 1 aliphatic rings. The van der Waals surface area contributed by atoms with Crippen molar-refractivity contribution in [3.8, 4) is 0 Å². The molecule has 0 aromatic heterocycles. The molecule has 1 rings (SSSR count). The largest absolute Gasteiger partial charge is 0.480 e. The van der Waals surface area contributed by atoms with Crippen LogP contribution < -0.4 is 5.48 Å². The first-order chi connectivity index (χ1) is 6.16. The summed E-state index contributed by atoms with van der Waals surface area (Å²) in [6.45, 7) is 0.223. The average Bonchev–Trinajstić information content (AvgIpc) is 2.52. The van der Waals surface area contributed by atoms with E-state index in [2.05, 4.69) is 0 Å². The van der Waals surface area contributed by atoms with Crippen LogP contribution in [0.2, 0.25) is 0 Å². The van der Waals surface area contributed by atoms with Gasteiger partial charge in [0.2, 0.25) is 5.91 Å². The van der Waals surface area contributed by atoms with Gasteiger partial charge in [-0.25, -0.2) is 4.79 Å². The van der Waals surface area contributed by atoms with E-state index in [0.29, 0.717) is 19.4 Å². The van der Waals surface area contributed by atoms with Gasteiger partial charge in [0.1, 0.15) is 6.04 Å². The topological polar surface area (TPSA) is 89.9 Å². The fourth-order valence-corrected chi connectivity index (χ4v) is 1.49. The SMILES string of the molecule is O=C(O)[C@@H]1CCCN1C(=O)CNO. The number of carboxylic acid groups (broad SMARTS) is 1. The molecule has 1 heterocycles. The second-order valence-corrected chi connectivity index (χ2v) is 2.92. The Labute approximate surface area is 75.1 Å². The fraction of sp³-hybridized carbons (Fsp3) is 0.714. The molecule has 6 nitrogen and oxygen atoms in total. The van der Waals surface area contributed by atoms with Crippen LogP contribution in [0.1, 0.15) is 12.8 Å². The van der Waals surface area contributed by atoms with E-state index in [9.17, 15) is 9.59 Å². The summed E-state index contributed by atoms with van der Waals surface area (Å²) in [6.07, 6.45) is 1.20. The summed E-state index contributed by atoms with van der Waals surface area (Å²) < 4.78 is 0. The van der Waals surface area contributed by atoms with Gasteiger partial charge in [-0.3, -0.25) is 4.79 Å². The number of carboxylic acids is 1. The standard InChI is InChI=1S/C7H12N2O4/c10-6(4-8-13)9-3-1-2-5(9)7(11)12/h5,8,13H,1-4H2,(H,11,12)/t5-/m0/s1. The highest BCUT2D eigenvalue weighted by atomic mass is 16.5. The molecule has 0 radical (unpaired) electrons. The lowest BCUT2D eigenvalue weighted by molar-refractivity contribution is -0.148. The Balaban J connectivity index is 2.57. The number of hydrogen-bond donors (Lipinski definition) is 3. The quantitative estimate of drug-likeness (QED) is 0.496. The van der Waals surface area contributed by atoms with E-state index in [0.717, 1.165) is 0 Å². The number of hydrogen-bond acceptors (Lipinski definition) is 4. The molecule has 0 aliphatic carbocycles. The van der Waals surface area contributed by atoms with Crippen LogP contribution in [0.25, 0.3) is 0 Å². The first kappa shape index (κ1) is 9.94. The van der Waals surface area contributed by atoms with Crippen molar-refractivity contribution in [2.24, 2.45) is 0 Å². The molecule has 0 aromatic rings. The highest BCUT2D eigenvalue weighted by molar-refractivity contribution is 5.85. The maximum Gasteiger partial charge on any atom is 0.326 e. The van der Waals surface area contributed by atoms with Gasteiger partial charge < -0.3 is 15.2 Å². The third-order valence-electron chi connectivity index (χ3n) is 2.09. The first-order valence-electron chi connectivity index (χ1n) is 4.06. The summed E-state index contributed by atoms with van der Waals surface area (Å²) in [6, 6.07) is -0.721. The Morgan fingerprint density at radius 1 is 1.54 bits per heavy atom. The van der Waals surface area contributed by atoms with Crippen LogP contribution in [0.5, 0.6) is 0 Å². The molecule has 1 saturated heterocycles. The molecule has 0 spiro atoms. The van der Waals surface area contributed by atoms with Crippen molar-refractivity contribution in [2.45, 2.75) is 18.9 Å². The van der Waals surface area contributed by atoms with Crippen LogP contribution in [0, 0.1) is 0 Å². The smallest absolute Gasteiger partial charge is 0.326 e. The van der Waals surface area contributed by atoms with Crippen LogP contribution in [0.3, 0.4) is 0 Å². The van der Waals surface area contributed by atoms with Crippen molar-refractivity contribution >= 4 is 11.9 Å². The van der Waals surface area contributed by atoms with Gasteiger partial charge in [0.05, 0.1) is 6.54 Å². The van der Waals surface area contributed by atoms with Crippen LogP contribution >= 0.6 is 0 Å². The number of aliphatic carboxylic acids is 1. The highest BCUT2D eigenvalue weighted by Crippen LogP contribution is 2.16. The van der Waals surface area contributed by atoms with Gasteiger partial charge in [-0.2, -0.15) is 5.48 Å². The summed E-state index contributed by atoms with van der Waals surface area (Å²) in [5.74, 6) is -1.36. The highest BCUT2D eigenvalue weighted by Gasteiger charge is 2.33. The van der Waals surface area contributed by atoms with E-state index in [1.165, 1.54) is 4.90 Å². The summed E-state index contributed by atoms with van der Waals surface area (Å²) in [5.41, 5.74) is 1.72. The monoisotopic (exact) mass is 188 g/mol. The van der Waals surface area contributed by atoms with Crippen molar-refractivity contribution in [3.63, 3.8) is 0 Å². The van der Waals surface area contributed by atoms with Gasteiger partial charge in [-0.1, -0.05) is 0 Å². The molecule has 0 saturated carbocycles. The van der Waals surface area contributed by atoms with Crippen molar-refractivity contribution in [2.75, 3.05) is 13.1 Å². The Hall–Kier alpha value is -1.14. The van der Waals surface area contributed by atoms with E-state index in [1.54, 1.807) is 5.48 Å². The molecule has 0 unspecified atom stereocenters. The predicted octanol–water partition coefficient (Wildman–Crippen LogP) is -0.959. The molecule has 1 aliphatic heterocycles. The minimum absolute atomic E-state index is 0.232. The average molecular weight is 188 g/mol. The Bertz CT molecular complexity index is 219. The number of nitrogens with one attached hydrogen (secondary N) is 1. The third kappa shape index (κ3) is 2.16. The number of likely N-dealkylation sites (tertiary alicyclic amines) is 1. The summed E-state index contributed by atoms with van der Waals surface area (Å²) in [7, 11) is 0. The van der Waals surface area contributed by atoms with Gasteiger partial charge >= 0.3 is 5.97 Å². The van der Waals surface area contributed by atoms with Gasteiger partial charge in [0.15, 0.2) is 0 Å². The van der Waals surface area contributed by atoms with Crippen molar-refractivity contribution < 1.29 is 19.9 Å². The van der Waals surface area contributed by atoms with Crippen LogP contribution in [0.4, 0.5) is 0 Å². The lowest BCUT2D eigenvalue weighted by Crippen LogP contribution is -2.44. The van der Waals surface area contributed by atoms with Crippen LogP contribution in [-0.4, -0.2) is 46.2 Å². The molecule has 1 amide bonds. The maximum absolute atomic E-state index is 11.2. The van der Waals surface area contributed by atoms with Crippen LogP contribution in [-0.2, 0) is 9.59 Å². The van der Waals surface area contributed by atoms with E-state index in [4.69, 9.17) is 10.3 Å². The van der Waals surface area contributed by atoms with Gasteiger partial charge in [-0.15, -0.1) is 0 Å². The number of carbonyl (C=O) groups excluding carboxylic acids is 1. The van der Waals surface area contributed by atoms with Gasteiger partial charge in [0, 0.05) is 6.54 Å². The molecule has 13 heavy (non-hydrogen) atoms. The van der Waals surface area contributed by atoms with E-state index in [1.807, 2.05) is 0 Å². The summed E-state index contributed by atoms with van der Waals surface area (Å²) in [4.78, 5) is 23.1. The lowest BCUT2D eigenvalue weighted by atomic mass is 10.2. The molecule has 6 heteroatoms. The first-order valence-corrected chi connectivity index (χ1v) is 4.06. The Morgan fingerprint density at radius 2 is 2.23 bits per heavy atom. The zero-order valence-corrected chi connectivity index (χ0v) is 7.06. The van der Waals surface area contributed by atoms with Gasteiger partial charge in [0.25, 0.3) is 0 Å². The molecule has 74 valence electrons. The molecular formula is C7H12N2O4. The van der Waals surface area contributed by atoms with E-state index >= 15 is 0 Å². The van der Waals surface area contributed by atoms with Crippen molar-refractivity contribution in [3.05, 3.63) is 0 Å². The molecule has 0 aromatic carbocycles. The second-order valence-electron chi connectivity index (χ2n) is 2.92. The number of rotatable bonds is 3. The minimum atomic E-state index is -0.983. The number of nitrogens with zero attached hydrogens (tertiary/aromatic N) is 1. The summed E-state index contributed by atoms with van der Waals surface area (Å²) in [5, 5.41) is 17.0. The molecule has 1 fully saturated rings. The predicted molar refractivity (Wildman–Crippen MR) is 42.2 cm³/mol. The molecular weight excluding hydrogens is 176 g/mol. The number of carbonyl (C=O) groups is 2. The molecule has 0 bridgehead atoms. The van der Waals surface area contributed by atoms with Gasteiger partial charge in [-0.05, 0) is 12.8 Å². The normalized spacial score (nSPS) is 21.9. The number of hydroxylamine groups is 1. The lowest BCUT2D eigenvalue weighted by Gasteiger charge is -2.20.